The van der Waals surface area contributed by atoms with Crippen LogP contribution in [0.4, 0.5) is 0 Å². The van der Waals surface area contributed by atoms with Crippen LogP contribution < -0.4 is 4.72 Å². The maximum absolute atomic E-state index is 11.5. The second-order valence-corrected chi connectivity index (χ2v) is 5.22. The highest BCUT2D eigenvalue weighted by Crippen LogP contribution is 2.05. The number of nitrogens with one attached hydrogen (secondary N) is 1. The highest BCUT2D eigenvalue weighted by atomic mass is 32.2. The van der Waals surface area contributed by atoms with Gasteiger partial charge in [0.2, 0.25) is 10.0 Å². The minimum Gasteiger partial charge on any atom is -0.469 e. The predicted octanol–water partition coefficient (Wildman–Crippen LogP) is -0.0345. The molecule has 96 valence electrons. The first-order valence-electron chi connectivity index (χ1n) is 4.89. The van der Waals surface area contributed by atoms with E-state index in [1.165, 1.54) is 7.11 Å². The topological polar surface area (TPSA) is 98.5 Å². The fourth-order valence-corrected chi connectivity index (χ4v) is 2.18. The van der Waals surface area contributed by atoms with E-state index in [-0.39, 0.29) is 18.7 Å². The number of carbonyl (C=O) groups is 1. The Kier molecular flexibility index (Phi) is 4.64. The molecule has 0 saturated carbocycles. The molecule has 0 bridgehead atoms. The van der Waals surface area contributed by atoms with Crippen LogP contribution in [0.2, 0.25) is 0 Å². The van der Waals surface area contributed by atoms with Crippen LogP contribution >= 0.6 is 0 Å². The van der Waals surface area contributed by atoms with Gasteiger partial charge in [0.15, 0.2) is 0 Å². The highest BCUT2D eigenvalue weighted by molar-refractivity contribution is 7.88. The molecule has 0 unspecified atom stereocenters. The van der Waals surface area contributed by atoms with Gasteiger partial charge in [-0.1, -0.05) is 5.16 Å². The third kappa shape index (κ3) is 4.96. The van der Waals surface area contributed by atoms with Crippen molar-refractivity contribution in [3.05, 3.63) is 17.5 Å². The molecular formula is C9H14N2O5S. The van der Waals surface area contributed by atoms with E-state index in [0.29, 0.717) is 11.5 Å². The second kappa shape index (κ2) is 5.78. The number of sulfonamides is 1. The Morgan fingerprint density at radius 3 is 2.82 bits per heavy atom. The van der Waals surface area contributed by atoms with Crippen LogP contribution in [-0.2, 0) is 25.3 Å². The summed E-state index contributed by atoms with van der Waals surface area (Å²) in [5, 5.41) is 3.57. The molecule has 0 aliphatic carbocycles. The van der Waals surface area contributed by atoms with E-state index in [1.54, 1.807) is 13.0 Å². The quantitative estimate of drug-likeness (QED) is 0.722. The first-order valence-corrected chi connectivity index (χ1v) is 6.54. The Morgan fingerprint density at radius 1 is 1.59 bits per heavy atom. The van der Waals surface area contributed by atoms with Crippen LogP contribution in [0, 0.1) is 6.92 Å². The summed E-state index contributed by atoms with van der Waals surface area (Å²) in [6.07, 6.45) is -0.00638. The standard InChI is InChI=1S/C9H14N2O5S/c1-7-5-8(11-16-7)6-17(13,14)10-4-3-9(12)15-2/h5,10H,3-4,6H2,1-2H3. The van der Waals surface area contributed by atoms with Crippen molar-refractivity contribution in [3.63, 3.8) is 0 Å². The first-order chi connectivity index (χ1) is 7.93. The summed E-state index contributed by atoms with van der Waals surface area (Å²) in [4.78, 5) is 10.8. The number of nitrogens with zero attached hydrogens (tertiary/aromatic N) is 1. The molecule has 1 N–H and O–H groups in total. The fourth-order valence-electron chi connectivity index (χ4n) is 1.14. The van der Waals surface area contributed by atoms with Gasteiger partial charge in [0.1, 0.15) is 17.2 Å². The molecule has 17 heavy (non-hydrogen) atoms. The zero-order chi connectivity index (χ0) is 12.9. The Bertz CT molecular complexity index is 479. The summed E-state index contributed by atoms with van der Waals surface area (Å²) in [5.74, 6) is -0.194. The van der Waals surface area contributed by atoms with Crippen LogP contribution in [0.3, 0.4) is 0 Å². The molecule has 1 aromatic heterocycles. The smallest absolute Gasteiger partial charge is 0.306 e. The summed E-state index contributed by atoms with van der Waals surface area (Å²) in [7, 11) is -2.26. The van der Waals surface area contributed by atoms with Gasteiger partial charge in [-0.05, 0) is 6.92 Å². The molecule has 1 aromatic rings. The van der Waals surface area contributed by atoms with Gasteiger partial charge in [-0.2, -0.15) is 0 Å². The lowest BCUT2D eigenvalue weighted by molar-refractivity contribution is -0.140. The number of hydrogen-bond acceptors (Lipinski definition) is 6. The van der Waals surface area contributed by atoms with Crippen molar-refractivity contribution in [1.82, 2.24) is 9.88 Å². The molecule has 7 nitrogen and oxygen atoms in total. The molecule has 0 aliphatic heterocycles. The van der Waals surface area contributed by atoms with Crippen LogP contribution in [0.5, 0.6) is 0 Å². The maximum Gasteiger partial charge on any atom is 0.306 e. The van der Waals surface area contributed by atoms with Crippen LogP contribution in [0.1, 0.15) is 17.9 Å². The van der Waals surface area contributed by atoms with Crippen molar-refractivity contribution < 1.29 is 22.5 Å². The van der Waals surface area contributed by atoms with E-state index in [9.17, 15) is 13.2 Å². The van der Waals surface area contributed by atoms with E-state index >= 15 is 0 Å². The number of hydrogen-bond donors (Lipinski definition) is 1. The van der Waals surface area contributed by atoms with Gasteiger partial charge in [-0.3, -0.25) is 4.79 Å². The van der Waals surface area contributed by atoms with Crippen molar-refractivity contribution in [2.24, 2.45) is 0 Å². The van der Waals surface area contributed by atoms with Crippen molar-refractivity contribution in [2.45, 2.75) is 19.1 Å². The van der Waals surface area contributed by atoms with Gasteiger partial charge in [0.25, 0.3) is 0 Å². The fraction of sp³-hybridized carbons (Fsp3) is 0.556. The first kappa shape index (κ1) is 13.7. The SMILES string of the molecule is COC(=O)CCNS(=O)(=O)Cc1cc(C)on1. The molecule has 0 aromatic carbocycles. The highest BCUT2D eigenvalue weighted by Gasteiger charge is 2.14. The van der Waals surface area contributed by atoms with Crippen molar-refractivity contribution in [2.75, 3.05) is 13.7 Å². The summed E-state index contributed by atoms with van der Waals surface area (Å²) in [5.41, 5.74) is 0.327. The van der Waals surface area contributed by atoms with Crippen molar-refractivity contribution in [3.8, 4) is 0 Å². The summed E-state index contributed by atoms with van der Waals surface area (Å²) in [6.45, 7) is 1.68. The summed E-state index contributed by atoms with van der Waals surface area (Å²) >= 11 is 0. The van der Waals surface area contributed by atoms with Gasteiger partial charge < -0.3 is 9.26 Å². The lowest BCUT2D eigenvalue weighted by atomic mass is 10.4. The molecule has 0 spiro atoms. The number of esters is 1. The van der Waals surface area contributed by atoms with Crippen molar-refractivity contribution in [1.29, 1.82) is 0 Å². The average Bonchev–Trinajstić information content (AvgIpc) is 2.62. The Balaban J connectivity index is 2.44. The van der Waals surface area contributed by atoms with E-state index in [1.807, 2.05) is 0 Å². The Hall–Kier alpha value is -1.41. The Morgan fingerprint density at radius 2 is 2.29 bits per heavy atom. The molecule has 0 atom stereocenters. The van der Waals surface area contributed by atoms with Gasteiger partial charge >= 0.3 is 5.97 Å². The maximum atomic E-state index is 11.5. The third-order valence-electron chi connectivity index (χ3n) is 1.89. The number of aryl methyl sites for hydroxylation is 1. The molecule has 8 heteroatoms. The molecule has 0 aliphatic rings. The molecule has 1 heterocycles. The lowest BCUT2D eigenvalue weighted by Gasteiger charge is -2.03. The lowest BCUT2D eigenvalue weighted by Crippen LogP contribution is -2.27. The molecule has 0 amide bonds. The summed E-state index contributed by atoms with van der Waals surface area (Å²) < 4.78 is 34.5. The normalized spacial score (nSPS) is 11.4. The molecule has 0 radical (unpaired) electrons. The molecule has 1 rings (SSSR count). The molecular weight excluding hydrogens is 248 g/mol. The minimum absolute atomic E-state index is 0.00579. The largest absolute Gasteiger partial charge is 0.469 e. The zero-order valence-electron chi connectivity index (χ0n) is 9.60. The number of carbonyl (C=O) groups excluding carboxylic acids is 1. The van der Waals surface area contributed by atoms with Crippen LogP contribution in [-0.4, -0.2) is 33.2 Å². The van der Waals surface area contributed by atoms with E-state index in [0.717, 1.165) is 0 Å². The van der Waals surface area contributed by atoms with Gasteiger partial charge in [0.05, 0.1) is 13.5 Å². The second-order valence-electron chi connectivity index (χ2n) is 3.41. The van der Waals surface area contributed by atoms with Gasteiger partial charge in [0, 0.05) is 12.6 Å². The minimum atomic E-state index is -3.51. The number of rotatable bonds is 6. The van der Waals surface area contributed by atoms with Gasteiger partial charge in [-0.25, -0.2) is 13.1 Å². The summed E-state index contributed by atoms with van der Waals surface area (Å²) in [6, 6.07) is 1.54. The number of ether oxygens (including phenoxy) is 1. The monoisotopic (exact) mass is 262 g/mol. The van der Waals surface area contributed by atoms with Crippen LogP contribution in [0.25, 0.3) is 0 Å². The van der Waals surface area contributed by atoms with Gasteiger partial charge in [-0.15, -0.1) is 0 Å². The molecule has 0 fully saturated rings. The number of methoxy groups -OCH3 is 1. The molecule has 0 saturated heterocycles. The van der Waals surface area contributed by atoms with E-state index in [4.69, 9.17) is 4.52 Å². The third-order valence-corrected chi connectivity index (χ3v) is 3.21. The predicted molar refractivity (Wildman–Crippen MR) is 58.5 cm³/mol. The zero-order valence-corrected chi connectivity index (χ0v) is 10.4. The van der Waals surface area contributed by atoms with Crippen molar-refractivity contribution >= 4 is 16.0 Å². The average molecular weight is 262 g/mol. The van der Waals surface area contributed by atoms with Crippen LogP contribution in [0.15, 0.2) is 10.6 Å². The van der Waals surface area contributed by atoms with E-state index in [2.05, 4.69) is 14.6 Å². The number of aromatic nitrogens is 1. The Labute approximate surface area is 99.2 Å². The van der Waals surface area contributed by atoms with E-state index < -0.39 is 16.0 Å².